The van der Waals surface area contributed by atoms with Gasteiger partial charge in [0.25, 0.3) is 0 Å². The number of carbonyl (C=O) groups is 2. The highest BCUT2D eigenvalue weighted by molar-refractivity contribution is 7.90. The molecule has 168 valence electrons. The number of rotatable bonds is 8. The van der Waals surface area contributed by atoms with Crippen LogP contribution in [0.5, 0.6) is 0 Å². The second kappa shape index (κ2) is 10.4. The monoisotopic (exact) mass is 466 g/mol. The van der Waals surface area contributed by atoms with Crippen LogP contribution in [-0.4, -0.2) is 26.5 Å². The largest absolute Gasteiger partial charge is 0.598 e. The minimum absolute atomic E-state index is 0.0901. The maximum atomic E-state index is 12.7. The lowest BCUT2D eigenvalue weighted by atomic mass is 9.89. The molecular formula is C22H27ClN2O5S. The molecule has 2 aromatic carbocycles. The molecule has 0 aliphatic heterocycles. The summed E-state index contributed by atoms with van der Waals surface area (Å²) >= 11 is 4.98. The predicted octanol–water partition coefficient (Wildman–Crippen LogP) is 4.83. The normalized spacial score (nSPS) is 14.4. The van der Waals surface area contributed by atoms with E-state index in [0.29, 0.717) is 5.56 Å². The van der Waals surface area contributed by atoms with Gasteiger partial charge in [-0.15, -0.1) is 4.72 Å². The number of halogens is 1. The van der Waals surface area contributed by atoms with E-state index in [1.165, 1.54) is 0 Å². The van der Waals surface area contributed by atoms with Crippen molar-refractivity contribution in [1.82, 2.24) is 4.72 Å². The fraction of sp³-hybridized carbons (Fsp3) is 0.364. The molecule has 2 rings (SSSR count). The van der Waals surface area contributed by atoms with Crippen LogP contribution in [0.4, 0.5) is 10.5 Å². The molecule has 0 saturated carbocycles. The lowest BCUT2D eigenvalue weighted by Gasteiger charge is -2.35. The summed E-state index contributed by atoms with van der Waals surface area (Å²) in [7, 11) is 0. The van der Waals surface area contributed by atoms with Crippen molar-refractivity contribution in [3.63, 3.8) is 0 Å². The lowest BCUT2D eigenvalue weighted by Crippen LogP contribution is -2.51. The van der Waals surface area contributed by atoms with Crippen LogP contribution in [0.1, 0.15) is 45.2 Å². The van der Waals surface area contributed by atoms with E-state index in [0.717, 1.165) is 5.56 Å². The smallest absolute Gasteiger partial charge is 0.412 e. The molecule has 31 heavy (non-hydrogen) atoms. The van der Waals surface area contributed by atoms with Crippen LogP contribution < -0.4 is 10.0 Å². The van der Waals surface area contributed by atoms with Crippen molar-refractivity contribution in [2.75, 3.05) is 5.32 Å². The van der Waals surface area contributed by atoms with Crippen LogP contribution in [0, 0.1) is 0 Å². The first-order chi connectivity index (χ1) is 14.4. The highest BCUT2D eigenvalue weighted by Crippen LogP contribution is 2.37. The number of hydrogen-bond acceptors (Lipinski definition) is 5. The number of amides is 1. The van der Waals surface area contributed by atoms with Gasteiger partial charge >= 0.3 is 12.1 Å². The Morgan fingerprint density at radius 1 is 1.10 bits per heavy atom. The Hall–Kier alpha value is -2.26. The lowest BCUT2D eigenvalue weighted by molar-refractivity contribution is -0.138. The molecule has 0 spiro atoms. The van der Waals surface area contributed by atoms with Gasteiger partial charge in [-0.3, -0.25) is 10.1 Å². The van der Waals surface area contributed by atoms with Crippen LogP contribution in [0.3, 0.4) is 0 Å². The van der Waals surface area contributed by atoms with Gasteiger partial charge in [-0.1, -0.05) is 54.1 Å². The van der Waals surface area contributed by atoms with E-state index in [2.05, 4.69) is 10.0 Å². The molecule has 2 atom stereocenters. The van der Waals surface area contributed by atoms with Crippen molar-refractivity contribution in [2.45, 2.75) is 51.0 Å². The van der Waals surface area contributed by atoms with Gasteiger partial charge in [0.15, 0.2) is 0 Å². The highest BCUT2D eigenvalue weighted by atomic mass is 35.5. The van der Waals surface area contributed by atoms with E-state index >= 15 is 0 Å². The average molecular weight is 467 g/mol. The molecule has 0 aliphatic carbocycles. The molecule has 0 aromatic heterocycles. The fourth-order valence-corrected chi connectivity index (χ4v) is 4.05. The highest BCUT2D eigenvalue weighted by Gasteiger charge is 2.40. The summed E-state index contributed by atoms with van der Waals surface area (Å²) in [6.45, 7) is 7.04. The quantitative estimate of drug-likeness (QED) is 0.480. The minimum atomic E-state index is -1.56. The molecule has 0 bridgehead atoms. The van der Waals surface area contributed by atoms with Crippen molar-refractivity contribution in [1.29, 1.82) is 0 Å². The molecule has 3 N–H and O–H groups in total. The molecule has 0 unspecified atom stereocenters. The SMILES string of the molecule is CC(C)(C)[S@@+]([O-])N[C@@](C)(CC(=O)O)c1cccc(NC(=O)OCc2ccccc2)c1Cl. The van der Waals surface area contributed by atoms with Gasteiger partial charge in [-0.25, -0.2) is 4.79 Å². The van der Waals surface area contributed by atoms with Crippen molar-refractivity contribution in [2.24, 2.45) is 0 Å². The Labute approximate surface area is 190 Å². The molecule has 1 amide bonds. The number of aliphatic carboxylic acids is 1. The Morgan fingerprint density at radius 3 is 2.32 bits per heavy atom. The summed E-state index contributed by atoms with van der Waals surface area (Å²) in [6, 6.07) is 14.1. The Morgan fingerprint density at radius 2 is 1.74 bits per heavy atom. The van der Waals surface area contributed by atoms with Gasteiger partial charge in [0.1, 0.15) is 11.4 Å². The first-order valence-corrected chi connectivity index (χ1v) is 11.1. The molecule has 9 heteroatoms. The summed E-state index contributed by atoms with van der Waals surface area (Å²) in [5, 5.41) is 12.2. The van der Waals surface area contributed by atoms with Crippen molar-refractivity contribution < 1.29 is 24.0 Å². The molecule has 0 saturated heterocycles. The molecular weight excluding hydrogens is 440 g/mol. The van der Waals surface area contributed by atoms with Gasteiger partial charge in [-0.2, -0.15) is 0 Å². The maximum Gasteiger partial charge on any atom is 0.412 e. The maximum absolute atomic E-state index is 12.7. The van der Waals surface area contributed by atoms with E-state index in [1.54, 1.807) is 45.9 Å². The van der Waals surface area contributed by atoms with Gasteiger partial charge in [0.2, 0.25) is 0 Å². The van der Waals surface area contributed by atoms with Crippen molar-refractivity contribution in [3.8, 4) is 0 Å². The second-order valence-corrected chi connectivity index (χ2v) is 10.6. The third kappa shape index (κ3) is 7.14. The van der Waals surface area contributed by atoms with Gasteiger partial charge < -0.3 is 14.4 Å². The van der Waals surface area contributed by atoms with E-state index in [4.69, 9.17) is 16.3 Å². The number of nitrogens with one attached hydrogen (secondary N) is 2. The van der Waals surface area contributed by atoms with Crippen LogP contribution in [0.25, 0.3) is 0 Å². The summed E-state index contributed by atoms with van der Waals surface area (Å²) < 4.78 is 20.2. The minimum Gasteiger partial charge on any atom is -0.598 e. The topological polar surface area (TPSA) is 111 Å². The van der Waals surface area contributed by atoms with E-state index in [9.17, 15) is 19.2 Å². The second-order valence-electron chi connectivity index (χ2n) is 8.24. The number of hydrogen-bond donors (Lipinski definition) is 3. The zero-order valence-corrected chi connectivity index (χ0v) is 19.5. The first kappa shape index (κ1) is 25.0. The zero-order chi connectivity index (χ0) is 23.2. The van der Waals surface area contributed by atoms with E-state index in [-0.39, 0.29) is 23.7 Å². The molecule has 7 nitrogen and oxygen atoms in total. The molecule has 0 aliphatic rings. The van der Waals surface area contributed by atoms with Gasteiger partial charge in [0, 0.05) is 11.4 Å². The first-order valence-electron chi connectivity index (χ1n) is 9.60. The Balaban J connectivity index is 2.24. The van der Waals surface area contributed by atoms with Gasteiger partial charge in [-0.05, 0) is 44.9 Å². The standard InChI is InChI=1S/C22H27ClN2O5S/c1-21(2,3)31(29)25-22(4,13-18(26)27)16-11-8-12-17(19(16)23)24-20(28)30-14-15-9-6-5-7-10-15/h5-12,25H,13-14H2,1-4H3,(H,24,28)(H,26,27)/t22-,31+/m0/s1. The van der Waals surface area contributed by atoms with E-state index in [1.807, 2.05) is 30.3 Å². The van der Waals surface area contributed by atoms with Gasteiger partial charge in [0.05, 0.1) is 22.7 Å². The third-order valence-electron chi connectivity index (χ3n) is 4.42. The van der Waals surface area contributed by atoms with Crippen LogP contribution in [-0.2, 0) is 33.0 Å². The Bertz CT molecular complexity index is 920. The molecule has 0 fully saturated rings. The molecule has 0 heterocycles. The number of ether oxygens (including phenoxy) is 1. The number of carboxylic acids is 1. The molecule has 2 aromatic rings. The zero-order valence-electron chi connectivity index (χ0n) is 17.9. The fourth-order valence-electron chi connectivity index (χ4n) is 2.77. The summed E-state index contributed by atoms with van der Waals surface area (Å²) in [6.07, 6.45) is -1.06. The van der Waals surface area contributed by atoms with Crippen molar-refractivity contribution in [3.05, 3.63) is 64.7 Å². The predicted molar refractivity (Wildman–Crippen MR) is 122 cm³/mol. The summed E-state index contributed by atoms with van der Waals surface area (Å²) in [5.74, 6) is -1.09. The number of carbonyl (C=O) groups excluding carboxylic acids is 1. The van der Waals surface area contributed by atoms with Crippen LogP contribution >= 0.6 is 11.6 Å². The van der Waals surface area contributed by atoms with Crippen LogP contribution in [0.15, 0.2) is 48.5 Å². The summed E-state index contributed by atoms with van der Waals surface area (Å²) in [5.41, 5.74) is 0.250. The molecule has 0 radical (unpaired) electrons. The number of benzene rings is 2. The average Bonchev–Trinajstić information content (AvgIpc) is 2.67. The Kier molecular flexibility index (Phi) is 8.36. The van der Waals surface area contributed by atoms with Crippen molar-refractivity contribution >= 4 is 40.7 Å². The van der Waals surface area contributed by atoms with Crippen LogP contribution in [0.2, 0.25) is 5.02 Å². The number of carboxylic acid groups (broad SMARTS) is 1. The third-order valence-corrected chi connectivity index (χ3v) is 6.58. The number of anilines is 1. The van der Waals surface area contributed by atoms with E-state index < -0.39 is 33.7 Å². The summed E-state index contributed by atoms with van der Waals surface area (Å²) in [4.78, 5) is 23.8.